The first-order chi connectivity index (χ1) is 5.59. The molecule has 0 aliphatic carbocycles. The van der Waals surface area contributed by atoms with Crippen molar-refractivity contribution in [3.8, 4) is 5.75 Å². The summed E-state index contributed by atoms with van der Waals surface area (Å²) in [6, 6.07) is 5.56. The molecule has 1 aromatic carbocycles. The second-order valence-corrected chi connectivity index (χ2v) is 4.06. The molecule has 0 atom stereocenters. The molecule has 12 heavy (non-hydrogen) atoms. The van der Waals surface area contributed by atoms with Crippen LogP contribution in [-0.4, -0.2) is 6.10 Å². The molecule has 0 aromatic heterocycles. The van der Waals surface area contributed by atoms with Gasteiger partial charge in [-0.3, -0.25) is 0 Å². The predicted octanol–water partition coefficient (Wildman–Crippen LogP) is 3.89. The maximum Gasteiger partial charge on any atom is 0.139 e. The number of hydrogen-bond donors (Lipinski definition) is 0. The molecule has 0 unspecified atom stereocenters. The molecule has 0 bridgehead atoms. The highest BCUT2D eigenvalue weighted by molar-refractivity contribution is 9.10. The summed E-state index contributed by atoms with van der Waals surface area (Å²) in [5, 5.41) is 0.645. The molecule has 0 heterocycles. The molecule has 0 radical (unpaired) electrons. The van der Waals surface area contributed by atoms with Crippen LogP contribution in [0.5, 0.6) is 5.75 Å². The first-order valence-electron chi connectivity index (χ1n) is 3.71. The number of ether oxygens (including phenoxy) is 1. The fraction of sp³-hybridized carbons (Fsp3) is 0.333. The molecule has 1 rings (SSSR count). The van der Waals surface area contributed by atoms with Gasteiger partial charge in [-0.1, -0.05) is 27.5 Å². The number of hydrogen-bond acceptors (Lipinski definition) is 1. The van der Waals surface area contributed by atoms with Crippen molar-refractivity contribution in [3.63, 3.8) is 0 Å². The Hall–Kier alpha value is -0.210. The summed E-state index contributed by atoms with van der Waals surface area (Å²) < 4.78 is 6.44. The van der Waals surface area contributed by atoms with Crippen molar-refractivity contribution in [1.29, 1.82) is 0 Å². The van der Waals surface area contributed by atoms with Crippen LogP contribution in [0.1, 0.15) is 13.8 Å². The maximum atomic E-state index is 5.89. The summed E-state index contributed by atoms with van der Waals surface area (Å²) >= 11 is 9.24. The number of benzene rings is 1. The molecule has 1 nitrogen and oxygen atoms in total. The Morgan fingerprint density at radius 1 is 1.42 bits per heavy atom. The molecule has 0 N–H and O–H groups in total. The van der Waals surface area contributed by atoms with E-state index in [0.29, 0.717) is 5.02 Å². The summed E-state index contributed by atoms with van der Waals surface area (Å²) in [6.07, 6.45) is 0.150. The van der Waals surface area contributed by atoms with Gasteiger partial charge in [0.05, 0.1) is 11.1 Å². The molecule has 1 aromatic rings. The lowest BCUT2D eigenvalue weighted by Crippen LogP contribution is -2.05. The quantitative estimate of drug-likeness (QED) is 0.773. The van der Waals surface area contributed by atoms with Gasteiger partial charge in [-0.05, 0) is 32.0 Å². The van der Waals surface area contributed by atoms with Crippen LogP contribution >= 0.6 is 27.5 Å². The van der Waals surface area contributed by atoms with Crippen LogP contribution in [0, 0.1) is 0 Å². The Kier molecular flexibility index (Phi) is 3.41. The monoisotopic (exact) mass is 248 g/mol. The van der Waals surface area contributed by atoms with E-state index >= 15 is 0 Å². The lowest BCUT2D eigenvalue weighted by atomic mass is 10.3. The molecule has 0 saturated carbocycles. The van der Waals surface area contributed by atoms with Crippen LogP contribution < -0.4 is 4.74 Å². The molecule has 0 aliphatic heterocycles. The van der Waals surface area contributed by atoms with Crippen molar-refractivity contribution in [2.75, 3.05) is 0 Å². The predicted molar refractivity (Wildman–Crippen MR) is 54.9 cm³/mol. The van der Waals surface area contributed by atoms with Crippen molar-refractivity contribution in [1.82, 2.24) is 0 Å². The summed E-state index contributed by atoms with van der Waals surface area (Å²) in [6.45, 7) is 3.94. The normalized spacial score (nSPS) is 10.4. The summed E-state index contributed by atoms with van der Waals surface area (Å²) in [4.78, 5) is 0. The van der Waals surface area contributed by atoms with Crippen LogP contribution in [0.25, 0.3) is 0 Å². The highest BCUT2D eigenvalue weighted by Gasteiger charge is 2.03. The Morgan fingerprint density at radius 2 is 2.08 bits per heavy atom. The van der Waals surface area contributed by atoms with E-state index < -0.39 is 0 Å². The summed E-state index contributed by atoms with van der Waals surface area (Å²) in [5.74, 6) is 0.723. The summed E-state index contributed by atoms with van der Waals surface area (Å²) in [5.41, 5.74) is 0. The van der Waals surface area contributed by atoms with Crippen molar-refractivity contribution in [3.05, 3.63) is 27.7 Å². The Morgan fingerprint density at radius 3 is 2.67 bits per heavy atom. The maximum absolute atomic E-state index is 5.89. The topological polar surface area (TPSA) is 9.23 Å². The fourth-order valence-corrected chi connectivity index (χ4v) is 1.32. The van der Waals surface area contributed by atoms with Crippen LogP contribution in [0.4, 0.5) is 0 Å². The zero-order valence-electron chi connectivity index (χ0n) is 6.97. The van der Waals surface area contributed by atoms with Crippen molar-refractivity contribution < 1.29 is 4.74 Å². The average molecular weight is 250 g/mol. The highest BCUT2D eigenvalue weighted by atomic mass is 79.9. The highest BCUT2D eigenvalue weighted by Crippen LogP contribution is 2.28. The molecule has 0 amide bonds. The van der Waals surface area contributed by atoms with Gasteiger partial charge in [0.2, 0.25) is 0 Å². The third-order valence-electron chi connectivity index (χ3n) is 1.26. The third-order valence-corrected chi connectivity index (χ3v) is 2.06. The van der Waals surface area contributed by atoms with Gasteiger partial charge >= 0.3 is 0 Å². The summed E-state index contributed by atoms with van der Waals surface area (Å²) in [7, 11) is 0. The molecule has 3 heteroatoms. The van der Waals surface area contributed by atoms with Gasteiger partial charge in [-0.25, -0.2) is 0 Å². The van der Waals surface area contributed by atoms with Gasteiger partial charge in [0.15, 0.2) is 0 Å². The van der Waals surface area contributed by atoms with Gasteiger partial charge in [-0.15, -0.1) is 0 Å². The minimum atomic E-state index is 0.150. The SMILES string of the molecule is CC(C)Oc1cc(Br)ccc1Cl. The van der Waals surface area contributed by atoms with E-state index in [1.807, 2.05) is 32.0 Å². The lowest BCUT2D eigenvalue weighted by molar-refractivity contribution is 0.242. The van der Waals surface area contributed by atoms with Crippen molar-refractivity contribution in [2.24, 2.45) is 0 Å². The number of rotatable bonds is 2. The molecule has 0 aliphatic rings. The minimum absolute atomic E-state index is 0.150. The van der Waals surface area contributed by atoms with Crippen molar-refractivity contribution in [2.45, 2.75) is 20.0 Å². The van der Waals surface area contributed by atoms with E-state index in [2.05, 4.69) is 15.9 Å². The largest absolute Gasteiger partial charge is 0.489 e. The van der Waals surface area contributed by atoms with Crippen LogP contribution in [0.2, 0.25) is 5.02 Å². The second-order valence-electron chi connectivity index (χ2n) is 2.74. The lowest BCUT2D eigenvalue weighted by Gasteiger charge is -2.10. The van der Waals surface area contributed by atoms with E-state index in [1.54, 1.807) is 0 Å². The second kappa shape index (κ2) is 4.15. The molecule has 0 saturated heterocycles. The van der Waals surface area contributed by atoms with E-state index in [4.69, 9.17) is 16.3 Å². The standard InChI is InChI=1S/C9H10BrClO/c1-6(2)12-9-5-7(10)3-4-8(9)11/h3-6H,1-2H3. The Bertz CT molecular complexity index is 273. The van der Waals surface area contributed by atoms with Crippen LogP contribution in [0.15, 0.2) is 22.7 Å². The van der Waals surface area contributed by atoms with Gasteiger partial charge in [0.1, 0.15) is 5.75 Å². The fourth-order valence-electron chi connectivity index (χ4n) is 0.821. The molecular weight excluding hydrogens is 239 g/mol. The molecule has 66 valence electrons. The minimum Gasteiger partial charge on any atom is -0.489 e. The Labute approximate surface area is 85.8 Å². The molecule has 0 spiro atoms. The first kappa shape index (κ1) is 9.87. The Balaban J connectivity index is 2.90. The van der Waals surface area contributed by atoms with Gasteiger partial charge in [-0.2, -0.15) is 0 Å². The smallest absolute Gasteiger partial charge is 0.139 e. The van der Waals surface area contributed by atoms with Gasteiger partial charge in [0.25, 0.3) is 0 Å². The van der Waals surface area contributed by atoms with Crippen LogP contribution in [0.3, 0.4) is 0 Å². The van der Waals surface area contributed by atoms with E-state index in [9.17, 15) is 0 Å². The van der Waals surface area contributed by atoms with Crippen LogP contribution in [-0.2, 0) is 0 Å². The first-order valence-corrected chi connectivity index (χ1v) is 4.88. The molecule has 0 fully saturated rings. The van der Waals surface area contributed by atoms with E-state index in [1.165, 1.54) is 0 Å². The van der Waals surface area contributed by atoms with Gasteiger partial charge in [0, 0.05) is 4.47 Å². The van der Waals surface area contributed by atoms with E-state index in [-0.39, 0.29) is 6.10 Å². The van der Waals surface area contributed by atoms with Crippen molar-refractivity contribution >= 4 is 27.5 Å². The molecular formula is C9H10BrClO. The zero-order valence-corrected chi connectivity index (χ0v) is 9.32. The third kappa shape index (κ3) is 2.68. The number of halogens is 2. The van der Waals surface area contributed by atoms with Gasteiger partial charge < -0.3 is 4.74 Å². The zero-order chi connectivity index (χ0) is 9.14. The van der Waals surface area contributed by atoms with E-state index in [0.717, 1.165) is 10.2 Å². The average Bonchev–Trinajstić information content (AvgIpc) is 1.96.